The van der Waals surface area contributed by atoms with Crippen LogP contribution in [0, 0.1) is 12.8 Å². The van der Waals surface area contributed by atoms with Crippen LogP contribution < -0.4 is 5.32 Å². The first kappa shape index (κ1) is 17.9. The molecule has 25 heavy (non-hydrogen) atoms. The maximum absolute atomic E-state index is 12.4. The second kappa shape index (κ2) is 8.45. The van der Waals surface area contributed by atoms with Gasteiger partial charge in [0.25, 0.3) is 0 Å². The third-order valence-electron chi connectivity index (χ3n) is 4.50. The number of aryl methyl sites for hydroxylation is 1. The summed E-state index contributed by atoms with van der Waals surface area (Å²) in [7, 11) is 1.80. The fourth-order valence-electron chi connectivity index (χ4n) is 3.21. The van der Waals surface area contributed by atoms with Crippen molar-refractivity contribution in [1.29, 1.82) is 0 Å². The Kier molecular flexibility index (Phi) is 6.04. The highest BCUT2D eigenvalue weighted by molar-refractivity contribution is 7.09. The first-order chi connectivity index (χ1) is 12.1. The lowest BCUT2D eigenvalue weighted by Crippen LogP contribution is -2.41. The monoisotopic (exact) mass is 359 g/mol. The number of amides is 2. The van der Waals surface area contributed by atoms with Crippen LogP contribution in [0.25, 0.3) is 0 Å². The first-order valence-electron chi connectivity index (χ1n) is 8.70. The van der Waals surface area contributed by atoms with Gasteiger partial charge in [-0.3, -0.25) is 0 Å². The molecule has 6 heteroatoms. The molecule has 1 aromatic carbocycles. The normalized spacial score (nSPS) is 20.2. The Morgan fingerprint density at radius 3 is 2.92 bits per heavy atom. The van der Waals surface area contributed by atoms with Crippen molar-refractivity contribution < 1.29 is 9.53 Å². The fraction of sp³-hybridized carbons (Fsp3) is 0.474. The smallest absolute Gasteiger partial charge is 0.317 e. The number of nitrogens with zero attached hydrogens (tertiary/aromatic N) is 2. The number of benzene rings is 1. The van der Waals surface area contributed by atoms with E-state index in [-0.39, 0.29) is 12.1 Å². The van der Waals surface area contributed by atoms with E-state index in [1.807, 2.05) is 30.5 Å². The summed E-state index contributed by atoms with van der Waals surface area (Å²) in [5.41, 5.74) is 2.12. The predicted octanol–water partition coefficient (Wildman–Crippen LogP) is 3.76. The number of nitrogens with one attached hydrogen (secondary N) is 1. The van der Waals surface area contributed by atoms with E-state index in [1.165, 1.54) is 5.56 Å². The van der Waals surface area contributed by atoms with Crippen molar-refractivity contribution in [2.24, 2.45) is 5.92 Å². The van der Waals surface area contributed by atoms with Crippen molar-refractivity contribution in [3.8, 4) is 0 Å². The lowest BCUT2D eigenvalue weighted by molar-refractivity contribution is -0.0271. The molecule has 0 radical (unpaired) electrons. The zero-order valence-corrected chi connectivity index (χ0v) is 15.6. The average molecular weight is 359 g/mol. The summed E-state index contributed by atoms with van der Waals surface area (Å²) in [5, 5.41) is 6.08. The van der Waals surface area contributed by atoms with Crippen LogP contribution >= 0.6 is 11.3 Å². The maximum atomic E-state index is 12.4. The molecule has 1 aliphatic heterocycles. The van der Waals surface area contributed by atoms with Crippen LogP contribution in [0.4, 0.5) is 4.79 Å². The van der Waals surface area contributed by atoms with E-state index in [1.54, 1.807) is 23.3 Å². The summed E-state index contributed by atoms with van der Waals surface area (Å²) in [4.78, 5) is 18.5. The molecule has 2 aromatic rings. The van der Waals surface area contributed by atoms with Gasteiger partial charge in [0.1, 0.15) is 0 Å². The standard InChI is InChI=1S/C19H25N3O2S/c1-14-21-17(13-25-14)12-22(2)19(23)20-11-16-9-6-10-24-18(16)15-7-4-3-5-8-15/h3-5,7-8,13,16,18H,6,9-12H2,1-2H3,(H,20,23). The van der Waals surface area contributed by atoms with Crippen LogP contribution in [0.3, 0.4) is 0 Å². The van der Waals surface area contributed by atoms with Crippen LogP contribution in [0.1, 0.15) is 35.2 Å². The number of thiazole rings is 1. The summed E-state index contributed by atoms with van der Waals surface area (Å²) in [6, 6.07) is 10.2. The molecule has 1 N–H and O–H groups in total. The Morgan fingerprint density at radius 1 is 1.40 bits per heavy atom. The zero-order chi connectivity index (χ0) is 17.6. The second-order valence-electron chi connectivity index (χ2n) is 6.50. The summed E-state index contributed by atoms with van der Waals surface area (Å²) < 4.78 is 5.99. The number of aromatic nitrogens is 1. The molecule has 1 aromatic heterocycles. The molecule has 2 atom stereocenters. The van der Waals surface area contributed by atoms with Gasteiger partial charge in [0.05, 0.1) is 23.4 Å². The number of ether oxygens (including phenoxy) is 1. The molecule has 1 fully saturated rings. The van der Waals surface area contributed by atoms with Gasteiger partial charge in [-0.2, -0.15) is 0 Å². The Bertz CT molecular complexity index is 689. The minimum Gasteiger partial charge on any atom is -0.373 e. The van der Waals surface area contributed by atoms with E-state index < -0.39 is 0 Å². The van der Waals surface area contributed by atoms with Gasteiger partial charge < -0.3 is 15.0 Å². The fourth-order valence-corrected chi connectivity index (χ4v) is 3.82. The minimum absolute atomic E-state index is 0.0572. The molecule has 3 rings (SSSR count). The van der Waals surface area contributed by atoms with Gasteiger partial charge >= 0.3 is 6.03 Å². The molecule has 2 amide bonds. The number of hydrogen-bond donors (Lipinski definition) is 1. The van der Waals surface area contributed by atoms with E-state index in [2.05, 4.69) is 22.4 Å². The molecule has 0 saturated carbocycles. The lowest BCUT2D eigenvalue weighted by Gasteiger charge is -2.32. The summed E-state index contributed by atoms with van der Waals surface area (Å²) in [6.07, 6.45) is 2.16. The van der Waals surface area contributed by atoms with Crippen molar-refractivity contribution in [3.63, 3.8) is 0 Å². The average Bonchev–Trinajstić information content (AvgIpc) is 3.05. The van der Waals surface area contributed by atoms with Crippen molar-refractivity contribution >= 4 is 17.4 Å². The highest BCUT2D eigenvalue weighted by atomic mass is 32.1. The summed E-state index contributed by atoms with van der Waals surface area (Å²) >= 11 is 1.61. The van der Waals surface area contributed by atoms with Crippen LogP contribution in [0.5, 0.6) is 0 Å². The van der Waals surface area contributed by atoms with Crippen LogP contribution in [0.15, 0.2) is 35.7 Å². The molecular formula is C19H25N3O2S. The molecule has 2 heterocycles. The molecule has 134 valence electrons. The van der Waals surface area contributed by atoms with Gasteiger partial charge in [0.15, 0.2) is 0 Å². The zero-order valence-electron chi connectivity index (χ0n) is 14.8. The van der Waals surface area contributed by atoms with E-state index >= 15 is 0 Å². The van der Waals surface area contributed by atoms with E-state index in [9.17, 15) is 4.79 Å². The molecule has 1 aliphatic rings. The van der Waals surface area contributed by atoms with Crippen LogP contribution in [-0.4, -0.2) is 36.1 Å². The number of urea groups is 1. The SMILES string of the molecule is Cc1nc(CN(C)C(=O)NCC2CCCOC2c2ccccc2)cs1. The van der Waals surface area contributed by atoms with Gasteiger partial charge in [0.2, 0.25) is 0 Å². The van der Waals surface area contributed by atoms with Gasteiger partial charge in [-0.25, -0.2) is 9.78 Å². The lowest BCUT2D eigenvalue weighted by atomic mass is 9.89. The molecule has 2 unspecified atom stereocenters. The minimum atomic E-state index is -0.0666. The molecule has 0 aliphatic carbocycles. The number of hydrogen-bond acceptors (Lipinski definition) is 4. The van der Waals surface area contributed by atoms with Crippen LogP contribution in [0.2, 0.25) is 0 Å². The predicted molar refractivity (Wildman–Crippen MR) is 99.6 cm³/mol. The topological polar surface area (TPSA) is 54.5 Å². The Morgan fingerprint density at radius 2 is 2.20 bits per heavy atom. The molecule has 1 saturated heterocycles. The highest BCUT2D eigenvalue weighted by Gasteiger charge is 2.28. The number of carbonyl (C=O) groups is 1. The van der Waals surface area contributed by atoms with E-state index in [0.29, 0.717) is 19.0 Å². The quantitative estimate of drug-likeness (QED) is 0.884. The van der Waals surface area contributed by atoms with Crippen molar-refractivity contribution in [2.75, 3.05) is 20.2 Å². The first-order valence-corrected chi connectivity index (χ1v) is 9.58. The van der Waals surface area contributed by atoms with Gasteiger partial charge in [-0.1, -0.05) is 30.3 Å². The molecular weight excluding hydrogens is 334 g/mol. The highest BCUT2D eigenvalue weighted by Crippen LogP contribution is 2.33. The molecule has 0 spiro atoms. The van der Waals surface area contributed by atoms with Gasteiger partial charge in [-0.05, 0) is 25.3 Å². The number of carbonyl (C=O) groups excluding carboxylic acids is 1. The van der Waals surface area contributed by atoms with Gasteiger partial charge in [-0.15, -0.1) is 11.3 Å². The summed E-state index contributed by atoms with van der Waals surface area (Å²) in [5.74, 6) is 0.301. The molecule has 0 bridgehead atoms. The third-order valence-corrected chi connectivity index (χ3v) is 5.32. The maximum Gasteiger partial charge on any atom is 0.317 e. The number of rotatable bonds is 5. The Hall–Kier alpha value is -1.92. The van der Waals surface area contributed by atoms with Crippen molar-refractivity contribution in [2.45, 2.75) is 32.4 Å². The summed E-state index contributed by atoms with van der Waals surface area (Å²) in [6.45, 7) is 3.91. The van der Waals surface area contributed by atoms with E-state index in [4.69, 9.17) is 4.74 Å². The van der Waals surface area contributed by atoms with E-state index in [0.717, 1.165) is 30.2 Å². The Labute approximate surface area is 153 Å². The second-order valence-corrected chi connectivity index (χ2v) is 7.57. The molecule has 5 nitrogen and oxygen atoms in total. The largest absolute Gasteiger partial charge is 0.373 e. The van der Waals surface area contributed by atoms with Gasteiger partial charge in [0, 0.05) is 31.5 Å². The Balaban J connectivity index is 1.54. The third kappa shape index (κ3) is 4.80. The van der Waals surface area contributed by atoms with Crippen molar-refractivity contribution in [1.82, 2.24) is 15.2 Å². The van der Waals surface area contributed by atoms with Crippen LogP contribution in [-0.2, 0) is 11.3 Å². The van der Waals surface area contributed by atoms with Crippen molar-refractivity contribution in [3.05, 3.63) is 52.0 Å².